The van der Waals surface area contributed by atoms with E-state index in [1.54, 1.807) is 5.57 Å². The van der Waals surface area contributed by atoms with E-state index in [1.165, 1.54) is 44.1 Å². The molecular weight excluding hydrogens is 360 g/mol. The number of fused-ring (bicyclic) bond motifs is 5. The molecule has 0 amide bonds. The fourth-order valence-electron chi connectivity index (χ4n) is 7.23. The maximum Gasteiger partial charge on any atom is 0.0657 e. The second kappa shape index (κ2) is 5.98. The standard InChI is InChI=1S/C22H33BrO/c1-14(13-23)19-6-7-20-18-5-4-15-12-21(2,24)10-8-16(15)17(18)9-11-22(19,20)3/h4,16-20,24H,1,5-13H2,2-3H3/t16-,17+,18+,19+,20-,21+,22+/m0/s1. The topological polar surface area (TPSA) is 20.2 Å². The van der Waals surface area contributed by atoms with E-state index >= 15 is 0 Å². The number of rotatable bonds is 2. The maximum atomic E-state index is 10.5. The van der Waals surface area contributed by atoms with Gasteiger partial charge >= 0.3 is 0 Å². The first-order chi connectivity index (χ1) is 11.4. The van der Waals surface area contributed by atoms with Crippen LogP contribution in [0, 0.1) is 35.0 Å². The van der Waals surface area contributed by atoms with Gasteiger partial charge in [-0.25, -0.2) is 0 Å². The van der Waals surface area contributed by atoms with Crippen molar-refractivity contribution in [2.24, 2.45) is 35.0 Å². The molecule has 24 heavy (non-hydrogen) atoms. The van der Waals surface area contributed by atoms with Crippen LogP contribution in [0.1, 0.15) is 65.2 Å². The summed E-state index contributed by atoms with van der Waals surface area (Å²) in [4.78, 5) is 0. The zero-order valence-electron chi connectivity index (χ0n) is 15.4. The van der Waals surface area contributed by atoms with Crippen LogP contribution < -0.4 is 0 Å². The molecule has 4 aliphatic carbocycles. The Hall–Kier alpha value is -0.0800. The van der Waals surface area contributed by atoms with E-state index in [4.69, 9.17) is 0 Å². The van der Waals surface area contributed by atoms with E-state index in [0.29, 0.717) is 5.41 Å². The molecule has 0 bridgehead atoms. The summed E-state index contributed by atoms with van der Waals surface area (Å²) in [5.41, 5.74) is 3.05. The number of hydrogen-bond donors (Lipinski definition) is 1. The largest absolute Gasteiger partial charge is 0.390 e. The highest BCUT2D eigenvalue weighted by Crippen LogP contribution is 2.64. The number of aliphatic hydroxyl groups is 1. The van der Waals surface area contributed by atoms with Crippen LogP contribution in [0.4, 0.5) is 0 Å². The van der Waals surface area contributed by atoms with E-state index in [9.17, 15) is 5.11 Å². The van der Waals surface area contributed by atoms with Crippen LogP contribution in [0.25, 0.3) is 0 Å². The lowest BCUT2D eigenvalue weighted by molar-refractivity contribution is -0.0288. The second-order valence-corrected chi connectivity index (χ2v) is 10.3. The minimum Gasteiger partial charge on any atom is -0.390 e. The highest BCUT2D eigenvalue weighted by atomic mass is 79.9. The Morgan fingerprint density at radius 3 is 2.75 bits per heavy atom. The molecule has 4 aliphatic rings. The normalized spacial score (nSPS) is 50.5. The van der Waals surface area contributed by atoms with Crippen molar-refractivity contribution >= 4 is 15.9 Å². The molecule has 2 heteroatoms. The van der Waals surface area contributed by atoms with Crippen LogP contribution >= 0.6 is 15.9 Å². The van der Waals surface area contributed by atoms with Gasteiger partial charge in [0.2, 0.25) is 0 Å². The quantitative estimate of drug-likeness (QED) is 0.459. The van der Waals surface area contributed by atoms with Crippen molar-refractivity contribution < 1.29 is 5.11 Å². The predicted molar refractivity (Wildman–Crippen MR) is 104 cm³/mol. The van der Waals surface area contributed by atoms with Crippen molar-refractivity contribution in [1.29, 1.82) is 0 Å². The van der Waals surface area contributed by atoms with Crippen molar-refractivity contribution in [2.75, 3.05) is 5.33 Å². The summed E-state index contributed by atoms with van der Waals surface area (Å²) in [5.74, 6) is 4.15. The predicted octanol–water partition coefficient (Wildman–Crippen LogP) is 5.88. The van der Waals surface area contributed by atoms with Gasteiger partial charge in [0.15, 0.2) is 0 Å². The molecule has 3 fully saturated rings. The maximum absolute atomic E-state index is 10.5. The van der Waals surface area contributed by atoms with Gasteiger partial charge < -0.3 is 5.11 Å². The molecule has 3 saturated carbocycles. The molecule has 1 N–H and O–H groups in total. The fourth-order valence-corrected chi connectivity index (χ4v) is 7.62. The summed E-state index contributed by atoms with van der Waals surface area (Å²) >= 11 is 3.66. The molecule has 0 radical (unpaired) electrons. The highest BCUT2D eigenvalue weighted by Gasteiger charge is 2.56. The van der Waals surface area contributed by atoms with E-state index in [2.05, 4.69) is 35.5 Å². The number of alkyl halides is 1. The lowest BCUT2D eigenvalue weighted by Crippen LogP contribution is -2.47. The average molecular weight is 393 g/mol. The van der Waals surface area contributed by atoms with Crippen molar-refractivity contribution in [1.82, 2.24) is 0 Å². The third-order valence-electron chi connectivity index (χ3n) is 8.38. The molecule has 7 atom stereocenters. The summed E-state index contributed by atoms with van der Waals surface area (Å²) in [5, 5.41) is 11.4. The van der Waals surface area contributed by atoms with Crippen LogP contribution in [0.2, 0.25) is 0 Å². The molecule has 0 unspecified atom stereocenters. The molecule has 0 spiro atoms. The van der Waals surface area contributed by atoms with Gasteiger partial charge in [0.1, 0.15) is 0 Å². The van der Waals surface area contributed by atoms with Crippen LogP contribution in [-0.2, 0) is 0 Å². The van der Waals surface area contributed by atoms with Crippen molar-refractivity contribution in [3.8, 4) is 0 Å². The van der Waals surface area contributed by atoms with Gasteiger partial charge in [-0.05, 0) is 93.3 Å². The molecule has 134 valence electrons. The second-order valence-electron chi connectivity index (χ2n) is 9.73. The van der Waals surface area contributed by atoms with Crippen LogP contribution in [0.3, 0.4) is 0 Å². The molecule has 4 rings (SSSR count). The van der Waals surface area contributed by atoms with E-state index < -0.39 is 5.60 Å². The molecule has 1 nitrogen and oxygen atoms in total. The van der Waals surface area contributed by atoms with Crippen molar-refractivity contribution in [2.45, 2.75) is 70.8 Å². The average Bonchev–Trinajstić information content (AvgIpc) is 2.90. The van der Waals surface area contributed by atoms with Gasteiger partial charge in [-0.3, -0.25) is 0 Å². The van der Waals surface area contributed by atoms with Gasteiger partial charge in [0.25, 0.3) is 0 Å². The third kappa shape index (κ3) is 2.58. The van der Waals surface area contributed by atoms with Gasteiger partial charge in [-0.15, -0.1) is 0 Å². The summed E-state index contributed by atoms with van der Waals surface area (Å²) < 4.78 is 0. The Morgan fingerprint density at radius 2 is 2.00 bits per heavy atom. The van der Waals surface area contributed by atoms with Crippen LogP contribution in [0.5, 0.6) is 0 Å². The van der Waals surface area contributed by atoms with E-state index in [0.717, 1.165) is 47.8 Å². The Kier molecular flexibility index (Phi) is 4.32. The molecule has 0 aromatic heterocycles. The summed E-state index contributed by atoms with van der Waals surface area (Å²) in [6.07, 6.45) is 12.5. The summed E-state index contributed by atoms with van der Waals surface area (Å²) in [6.45, 7) is 8.99. The Bertz CT molecular complexity index is 562. The zero-order valence-corrected chi connectivity index (χ0v) is 16.9. The van der Waals surface area contributed by atoms with Crippen molar-refractivity contribution in [3.05, 3.63) is 23.8 Å². The Labute approximate surface area is 156 Å². The Morgan fingerprint density at radius 1 is 1.21 bits per heavy atom. The SMILES string of the molecule is C=C(CBr)[C@H]1CC[C@H]2[C@@H]3CC=C4C[C@](C)(O)CC[C@@H]4[C@H]3CC[C@]12C. The van der Waals surface area contributed by atoms with Gasteiger partial charge in [0, 0.05) is 5.33 Å². The van der Waals surface area contributed by atoms with E-state index in [1.807, 2.05) is 6.92 Å². The van der Waals surface area contributed by atoms with Crippen LogP contribution in [-0.4, -0.2) is 16.0 Å². The minimum atomic E-state index is -0.454. The molecule has 0 aromatic rings. The third-order valence-corrected chi connectivity index (χ3v) is 9.10. The molecule has 0 heterocycles. The number of halogens is 1. The monoisotopic (exact) mass is 392 g/mol. The first kappa shape index (κ1) is 17.3. The molecule has 0 saturated heterocycles. The summed E-state index contributed by atoms with van der Waals surface area (Å²) in [6, 6.07) is 0. The number of hydrogen-bond acceptors (Lipinski definition) is 1. The zero-order chi connectivity index (χ0) is 17.1. The lowest BCUT2D eigenvalue weighted by atomic mass is 9.51. The van der Waals surface area contributed by atoms with Crippen molar-refractivity contribution in [3.63, 3.8) is 0 Å². The lowest BCUT2D eigenvalue weighted by Gasteiger charge is -2.54. The molecule has 0 aromatic carbocycles. The molecule has 0 aliphatic heterocycles. The fraction of sp³-hybridized carbons (Fsp3) is 0.818. The first-order valence-electron chi connectivity index (χ1n) is 10.0. The van der Waals surface area contributed by atoms with Gasteiger partial charge in [-0.1, -0.05) is 46.7 Å². The van der Waals surface area contributed by atoms with Crippen LogP contribution in [0.15, 0.2) is 23.8 Å². The Balaban J connectivity index is 1.59. The minimum absolute atomic E-state index is 0.454. The first-order valence-corrected chi connectivity index (χ1v) is 11.1. The molecular formula is C22H33BrO. The summed E-state index contributed by atoms with van der Waals surface area (Å²) in [7, 11) is 0. The number of allylic oxidation sites excluding steroid dienone is 2. The highest BCUT2D eigenvalue weighted by molar-refractivity contribution is 9.09. The van der Waals surface area contributed by atoms with Gasteiger partial charge in [-0.2, -0.15) is 0 Å². The smallest absolute Gasteiger partial charge is 0.0657 e. The van der Waals surface area contributed by atoms with Gasteiger partial charge in [0.05, 0.1) is 5.60 Å². The van der Waals surface area contributed by atoms with E-state index in [-0.39, 0.29) is 0 Å².